The average Bonchev–Trinajstić information content (AvgIpc) is 3.33. The molecule has 66 heavy (non-hydrogen) atoms. The molecule has 0 aromatic rings. The van der Waals surface area contributed by atoms with Crippen molar-refractivity contribution in [2.75, 3.05) is 17.3 Å². The minimum absolute atomic E-state index is 0.983. The Hall–Kier alpha value is 0.700. The van der Waals surface area contributed by atoms with Crippen molar-refractivity contribution < 1.29 is 0 Å². The van der Waals surface area contributed by atoms with Gasteiger partial charge < -0.3 is 0 Å². The highest BCUT2D eigenvalue weighted by atomic mass is 32.2. The highest BCUT2D eigenvalue weighted by Crippen LogP contribution is 2.35. The highest BCUT2D eigenvalue weighted by Gasteiger charge is 2.21. The predicted molar refractivity (Wildman–Crippen MR) is 312 cm³/mol. The SMILES string of the molecule is CCCCCCCCCCCCCCCCCCCCCCCCCCCCSCCC1CCCC(SCCCCCCCCCCCCCCCCCCCCCCCCCCCC)C1. The molecule has 2 atom stereocenters. The molecule has 0 aliphatic heterocycles. The van der Waals surface area contributed by atoms with E-state index in [-0.39, 0.29) is 0 Å². The van der Waals surface area contributed by atoms with E-state index in [0.717, 1.165) is 11.2 Å². The van der Waals surface area contributed by atoms with Crippen molar-refractivity contribution in [3.63, 3.8) is 0 Å². The molecule has 0 amide bonds. The van der Waals surface area contributed by atoms with Crippen LogP contribution in [-0.2, 0) is 0 Å². The molecule has 0 aromatic carbocycles. The first kappa shape index (κ1) is 64.7. The molecular weight excluding hydrogens is 833 g/mol. The standard InChI is InChI=1S/C64H128S2/c1-3-5-7-9-11-13-15-17-19-21-23-25-27-29-31-33-35-37-39-41-43-45-47-49-51-53-59-65-61-58-63-56-55-57-64(62-63)66-60-54-52-50-48-46-44-42-40-38-36-34-32-30-28-26-24-22-20-18-16-14-12-10-8-6-4-2/h63-64H,3-62H2,1-2H3. The maximum Gasteiger partial charge on any atom is 0.00496 e. The van der Waals surface area contributed by atoms with Gasteiger partial charge in [0.2, 0.25) is 0 Å². The van der Waals surface area contributed by atoms with Crippen LogP contribution in [0.15, 0.2) is 0 Å². The van der Waals surface area contributed by atoms with Crippen LogP contribution in [0.2, 0.25) is 0 Å². The van der Waals surface area contributed by atoms with E-state index in [1.54, 1.807) is 0 Å². The van der Waals surface area contributed by atoms with Gasteiger partial charge in [-0.15, -0.1) is 0 Å². The van der Waals surface area contributed by atoms with Crippen LogP contribution in [-0.4, -0.2) is 22.5 Å². The molecule has 1 aliphatic rings. The maximum atomic E-state index is 2.36. The lowest BCUT2D eigenvalue weighted by Gasteiger charge is -2.28. The van der Waals surface area contributed by atoms with Crippen molar-refractivity contribution in [2.24, 2.45) is 5.92 Å². The topological polar surface area (TPSA) is 0 Å². The van der Waals surface area contributed by atoms with Gasteiger partial charge in [-0.3, -0.25) is 0 Å². The molecule has 1 aliphatic carbocycles. The van der Waals surface area contributed by atoms with Gasteiger partial charge in [0.25, 0.3) is 0 Å². The summed E-state index contributed by atoms with van der Waals surface area (Å²) in [6.07, 6.45) is 84.8. The third kappa shape index (κ3) is 52.5. The Balaban J connectivity index is 1.70. The van der Waals surface area contributed by atoms with Gasteiger partial charge in [-0.05, 0) is 55.3 Å². The Bertz CT molecular complexity index is 841. The fourth-order valence-corrected chi connectivity index (χ4v) is 13.8. The largest absolute Gasteiger partial charge is 0.162 e. The van der Waals surface area contributed by atoms with Crippen LogP contribution in [0, 0.1) is 5.92 Å². The van der Waals surface area contributed by atoms with Crippen LogP contribution in [0.5, 0.6) is 0 Å². The highest BCUT2D eigenvalue weighted by molar-refractivity contribution is 7.99. The lowest BCUT2D eigenvalue weighted by atomic mass is 9.87. The second-order valence-electron chi connectivity index (χ2n) is 22.6. The molecule has 0 N–H and O–H groups in total. The van der Waals surface area contributed by atoms with Gasteiger partial charge in [-0.1, -0.05) is 348 Å². The summed E-state index contributed by atoms with van der Waals surface area (Å²) in [7, 11) is 0. The maximum absolute atomic E-state index is 2.36. The summed E-state index contributed by atoms with van der Waals surface area (Å²) in [5.41, 5.74) is 0. The number of thioether (sulfide) groups is 2. The number of unbranched alkanes of at least 4 members (excludes halogenated alkanes) is 50. The molecule has 0 nitrogen and oxygen atoms in total. The van der Waals surface area contributed by atoms with Gasteiger partial charge in [0.05, 0.1) is 0 Å². The molecule has 1 rings (SSSR count). The summed E-state index contributed by atoms with van der Waals surface area (Å²) < 4.78 is 0. The fourth-order valence-electron chi connectivity index (χ4n) is 11.2. The lowest BCUT2D eigenvalue weighted by molar-refractivity contribution is 0.359. The second-order valence-corrected chi connectivity index (χ2v) is 25.2. The first-order valence-corrected chi connectivity index (χ1v) is 34.3. The minimum atomic E-state index is 0.983. The first-order valence-electron chi connectivity index (χ1n) is 32.1. The van der Waals surface area contributed by atoms with E-state index in [9.17, 15) is 0 Å². The second kappa shape index (κ2) is 58.3. The fraction of sp³-hybridized carbons (Fsp3) is 1.00. The van der Waals surface area contributed by atoms with Crippen LogP contribution < -0.4 is 0 Å². The summed E-state index contributed by atoms with van der Waals surface area (Å²) in [4.78, 5) is 0. The van der Waals surface area contributed by atoms with Crippen LogP contribution in [0.1, 0.15) is 380 Å². The molecule has 0 heterocycles. The molecule has 396 valence electrons. The van der Waals surface area contributed by atoms with E-state index in [0.29, 0.717) is 0 Å². The predicted octanol–water partition coefficient (Wildman–Crippen LogP) is 24.7. The smallest absolute Gasteiger partial charge is 0.00496 e. The van der Waals surface area contributed by atoms with Gasteiger partial charge in [0.1, 0.15) is 0 Å². The van der Waals surface area contributed by atoms with Crippen molar-refractivity contribution in [3.8, 4) is 0 Å². The summed E-state index contributed by atoms with van der Waals surface area (Å²) in [5, 5.41) is 0.983. The van der Waals surface area contributed by atoms with Crippen molar-refractivity contribution in [1.29, 1.82) is 0 Å². The summed E-state index contributed by atoms with van der Waals surface area (Å²) in [5.74, 6) is 5.32. The molecule has 2 unspecified atom stereocenters. The lowest BCUT2D eigenvalue weighted by Crippen LogP contribution is -2.18. The van der Waals surface area contributed by atoms with Gasteiger partial charge >= 0.3 is 0 Å². The van der Waals surface area contributed by atoms with Crippen LogP contribution >= 0.6 is 23.5 Å². The van der Waals surface area contributed by atoms with E-state index in [2.05, 4.69) is 37.4 Å². The van der Waals surface area contributed by atoms with E-state index in [1.165, 1.54) is 383 Å². The quantitative estimate of drug-likeness (QED) is 0.0557. The van der Waals surface area contributed by atoms with Crippen molar-refractivity contribution in [3.05, 3.63) is 0 Å². The summed E-state index contributed by atoms with van der Waals surface area (Å²) >= 11 is 4.64. The minimum Gasteiger partial charge on any atom is -0.162 e. The van der Waals surface area contributed by atoms with Gasteiger partial charge in [0.15, 0.2) is 0 Å². The molecule has 1 fully saturated rings. The number of hydrogen-bond donors (Lipinski definition) is 0. The van der Waals surface area contributed by atoms with Crippen LogP contribution in [0.4, 0.5) is 0 Å². The van der Waals surface area contributed by atoms with E-state index in [4.69, 9.17) is 0 Å². The van der Waals surface area contributed by atoms with E-state index >= 15 is 0 Å². The Kier molecular flexibility index (Phi) is 57.1. The molecular formula is C64H128S2. The monoisotopic (exact) mass is 961 g/mol. The first-order chi connectivity index (χ1) is 32.9. The molecule has 0 bridgehead atoms. The molecule has 1 saturated carbocycles. The summed E-state index contributed by atoms with van der Waals surface area (Å²) in [6, 6.07) is 0. The molecule has 0 saturated heterocycles. The number of hydrogen-bond acceptors (Lipinski definition) is 2. The van der Waals surface area contributed by atoms with Gasteiger partial charge in [0, 0.05) is 5.25 Å². The van der Waals surface area contributed by atoms with Crippen LogP contribution in [0.25, 0.3) is 0 Å². The van der Waals surface area contributed by atoms with Crippen LogP contribution in [0.3, 0.4) is 0 Å². The zero-order chi connectivity index (χ0) is 47.0. The third-order valence-electron chi connectivity index (χ3n) is 15.9. The molecule has 2 heteroatoms. The normalized spacial score (nSPS) is 15.4. The van der Waals surface area contributed by atoms with Crippen molar-refractivity contribution in [1.82, 2.24) is 0 Å². The van der Waals surface area contributed by atoms with E-state index in [1.807, 2.05) is 0 Å². The third-order valence-corrected chi connectivity index (χ3v) is 18.4. The molecule has 0 aromatic heterocycles. The number of rotatable bonds is 58. The zero-order valence-electron chi connectivity index (χ0n) is 46.4. The van der Waals surface area contributed by atoms with E-state index < -0.39 is 0 Å². The molecule has 0 radical (unpaired) electrons. The Morgan fingerprint density at radius 1 is 0.258 bits per heavy atom. The van der Waals surface area contributed by atoms with Crippen molar-refractivity contribution >= 4 is 23.5 Å². The van der Waals surface area contributed by atoms with Gasteiger partial charge in [-0.2, -0.15) is 23.5 Å². The Morgan fingerprint density at radius 3 is 0.773 bits per heavy atom. The Morgan fingerprint density at radius 2 is 0.500 bits per heavy atom. The Labute approximate surface area is 429 Å². The van der Waals surface area contributed by atoms with Gasteiger partial charge in [-0.25, -0.2) is 0 Å². The summed E-state index contributed by atoms with van der Waals surface area (Å²) in [6.45, 7) is 4.63. The average molecular weight is 962 g/mol. The van der Waals surface area contributed by atoms with Crippen molar-refractivity contribution in [2.45, 2.75) is 385 Å². The molecule has 0 spiro atoms. The zero-order valence-corrected chi connectivity index (χ0v) is 48.0.